The highest BCUT2D eigenvalue weighted by Gasteiger charge is 2.09. The molecule has 0 atom stereocenters. The van der Waals surface area contributed by atoms with Crippen molar-refractivity contribution in [3.05, 3.63) is 35.4 Å². The summed E-state index contributed by atoms with van der Waals surface area (Å²) in [6, 6.07) is 6.87. The van der Waals surface area contributed by atoms with Gasteiger partial charge in [0.05, 0.1) is 0 Å². The first kappa shape index (κ1) is 14.2. The predicted octanol–water partition coefficient (Wildman–Crippen LogP) is 0.780. The Morgan fingerprint density at radius 1 is 1.28 bits per heavy atom. The fourth-order valence-corrected chi connectivity index (χ4v) is 1.44. The first-order valence-corrected chi connectivity index (χ1v) is 5.75. The van der Waals surface area contributed by atoms with Crippen molar-refractivity contribution in [1.82, 2.24) is 4.90 Å². The van der Waals surface area contributed by atoms with Gasteiger partial charge >= 0.3 is 0 Å². The van der Waals surface area contributed by atoms with Crippen LogP contribution in [-0.4, -0.2) is 37.0 Å². The third kappa shape index (κ3) is 4.18. The van der Waals surface area contributed by atoms with E-state index in [0.29, 0.717) is 18.7 Å². The van der Waals surface area contributed by atoms with E-state index in [1.165, 1.54) is 0 Å². The van der Waals surface area contributed by atoms with E-state index >= 15 is 0 Å². The number of benzene rings is 1. The van der Waals surface area contributed by atoms with Crippen molar-refractivity contribution < 1.29 is 14.3 Å². The highest BCUT2D eigenvalue weighted by Crippen LogP contribution is 2.06. The van der Waals surface area contributed by atoms with Gasteiger partial charge in [0.1, 0.15) is 6.61 Å². The Bertz CT molecular complexity index is 415. The van der Waals surface area contributed by atoms with Gasteiger partial charge in [-0.25, -0.2) is 0 Å². The Kier molecular flexibility index (Phi) is 5.32. The van der Waals surface area contributed by atoms with Crippen molar-refractivity contribution >= 4 is 11.8 Å². The zero-order chi connectivity index (χ0) is 13.5. The number of likely N-dealkylation sites (N-methyl/N-ethyl adjacent to an activating group) is 1. The van der Waals surface area contributed by atoms with Crippen LogP contribution < -0.4 is 5.73 Å². The number of rotatable bonds is 6. The fraction of sp³-hybridized carbons (Fsp3) is 0.385. The third-order valence-electron chi connectivity index (χ3n) is 2.51. The van der Waals surface area contributed by atoms with Crippen LogP contribution >= 0.6 is 0 Å². The molecule has 1 aromatic carbocycles. The minimum Gasteiger partial charge on any atom is -0.372 e. The molecule has 2 N–H and O–H groups in total. The highest BCUT2D eigenvalue weighted by molar-refractivity contribution is 5.92. The normalized spacial score (nSPS) is 10.1. The molecule has 0 aromatic heterocycles. The number of carbonyl (C=O) groups is 2. The quantitative estimate of drug-likeness (QED) is 0.811. The second kappa shape index (κ2) is 6.76. The monoisotopic (exact) mass is 250 g/mol. The molecule has 0 saturated carbocycles. The second-order valence-electron chi connectivity index (χ2n) is 3.95. The van der Waals surface area contributed by atoms with Gasteiger partial charge in [-0.3, -0.25) is 9.59 Å². The van der Waals surface area contributed by atoms with Crippen molar-refractivity contribution in [2.75, 3.05) is 20.3 Å². The van der Waals surface area contributed by atoms with Crippen molar-refractivity contribution in [3.63, 3.8) is 0 Å². The maximum absolute atomic E-state index is 11.6. The van der Waals surface area contributed by atoms with Gasteiger partial charge in [-0.05, 0) is 24.6 Å². The van der Waals surface area contributed by atoms with Gasteiger partial charge in [0.15, 0.2) is 0 Å². The summed E-state index contributed by atoms with van der Waals surface area (Å²) in [5, 5.41) is 0. The third-order valence-corrected chi connectivity index (χ3v) is 2.51. The predicted molar refractivity (Wildman–Crippen MR) is 67.9 cm³/mol. The smallest absolute Gasteiger partial charge is 0.248 e. The average Bonchev–Trinajstić information content (AvgIpc) is 2.36. The molecule has 5 nitrogen and oxygen atoms in total. The van der Waals surface area contributed by atoms with E-state index in [4.69, 9.17) is 10.5 Å². The van der Waals surface area contributed by atoms with Gasteiger partial charge in [-0.15, -0.1) is 0 Å². The molecule has 0 aliphatic carbocycles. The summed E-state index contributed by atoms with van der Waals surface area (Å²) < 4.78 is 5.05. The van der Waals surface area contributed by atoms with Crippen molar-refractivity contribution in [3.8, 4) is 0 Å². The molecule has 0 unspecified atom stereocenters. The second-order valence-corrected chi connectivity index (χ2v) is 3.95. The number of ether oxygens (including phenoxy) is 1. The molecule has 1 rings (SSSR count). The van der Waals surface area contributed by atoms with Gasteiger partial charge < -0.3 is 15.4 Å². The molecule has 0 bridgehead atoms. The largest absolute Gasteiger partial charge is 0.372 e. The molecule has 1 aromatic rings. The van der Waals surface area contributed by atoms with Crippen LogP contribution in [0, 0.1) is 0 Å². The lowest BCUT2D eigenvalue weighted by Crippen LogP contribution is -2.29. The van der Waals surface area contributed by atoms with Gasteiger partial charge in [-0.2, -0.15) is 0 Å². The lowest BCUT2D eigenvalue weighted by atomic mass is 10.1. The van der Waals surface area contributed by atoms with E-state index in [9.17, 15) is 9.59 Å². The van der Waals surface area contributed by atoms with E-state index in [2.05, 4.69) is 0 Å². The van der Waals surface area contributed by atoms with Gasteiger partial charge in [0, 0.05) is 25.8 Å². The van der Waals surface area contributed by atoms with Gasteiger partial charge in [-0.1, -0.05) is 12.1 Å². The molecule has 0 fully saturated rings. The SMILES string of the molecule is CCOCC(=O)N(C)Cc1ccc(C(N)=O)cc1. The molecule has 98 valence electrons. The van der Waals surface area contributed by atoms with Crippen molar-refractivity contribution in [1.29, 1.82) is 0 Å². The maximum Gasteiger partial charge on any atom is 0.248 e. The summed E-state index contributed by atoms with van der Waals surface area (Å²) in [7, 11) is 1.71. The molecule has 0 aliphatic heterocycles. The van der Waals surface area contributed by atoms with Gasteiger partial charge in [0.2, 0.25) is 11.8 Å². The van der Waals surface area contributed by atoms with Crippen LogP contribution in [0.3, 0.4) is 0 Å². The van der Waals surface area contributed by atoms with E-state index in [-0.39, 0.29) is 12.5 Å². The number of hydrogen-bond acceptors (Lipinski definition) is 3. The van der Waals surface area contributed by atoms with Crippen LogP contribution in [-0.2, 0) is 16.1 Å². The average molecular weight is 250 g/mol. The van der Waals surface area contributed by atoms with E-state index < -0.39 is 5.91 Å². The minimum atomic E-state index is -0.456. The lowest BCUT2D eigenvalue weighted by Gasteiger charge is -2.17. The summed E-state index contributed by atoms with van der Waals surface area (Å²) in [6.07, 6.45) is 0. The molecule has 18 heavy (non-hydrogen) atoms. The first-order chi connectivity index (χ1) is 8.54. The molecular weight excluding hydrogens is 232 g/mol. The molecule has 0 spiro atoms. The summed E-state index contributed by atoms with van der Waals surface area (Å²) in [5.74, 6) is -0.529. The number of carbonyl (C=O) groups excluding carboxylic acids is 2. The van der Waals surface area contributed by atoms with Crippen LogP contribution in [0.15, 0.2) is 24.3 Å². The summed E-state index contributed by atoms with van der Waals surface area (Å²) in [6.45, 7) is 2.93. The van der Waals surface area contributed by atoms with Crippen LogP contribution in [0.4, 0.5) is 0 Å². The Morgan fingerprint density at radius 3 is 2.39 bits per heavy atom. The van der Waals surface area contributed by atoms with Gasteiger partial charge in [0.25, 0.3) is 0 Å². The molecule has 2 amide bonds. The first-order valence-electron chi connectivity index (χ1n) is 5.75. The molecule has 0 heterocycles. The number of amides is 2. The molecule has 5 heteroatoms. The van der Waals surface area contributed by atoms with Crippen LogP contribution in [0.2, 0.25) is 0 Å². The topological polar surface area (TPSA) is 72.6 Å². The Balaban J connectivity index is 2.56. The van der Waals surface area contributed by atoms with Crippen LogP contribution in [0.25, 0.3) is 0 Å². The maximum atomic E-state index is 11.6. The van der Waals surface area contributed by atoms with Crippen LogP contribution in [0.1, 0.15) is 22.8 Å². The lowest BCUT2D eigenvalue weighted by molar-refractivity contribution is -0.135. The minimum absolute atomic E-state index is 0.0733. The highest BCUT2D eigenvalue weighted by atomic mass is 16.5. The number of nitrogens with zero attached hydrogens (tertiary/aromatic N) is 1. The van der Waals surface area contributed by atoms with E-state index in [0.717, 1.165) is 5.56 Å². The Morgan fingerprint density at radius 2 is 1.89 bits per heavy atom. The molecule has 0 saturated heterocycles. The summed E-state index contributed by atoms with van der Waals surface area (Å²) in [5.41, 5.74) is 6.55. The summed E-state index contributed by atoms with van der Waals surface area (Å²) in [4.78, 5) is 24.1. The molecule has 0 radical (unpaired) electrons. The Labute approximate surface area is 107 Å². The Hall–Kier alpha value is -1.88. The van der Waals surface area contributed by atoms with Crippen molar-refractivity contribution in [2.24, 2.45) is 5.73 Å². The number of hydrogen-bond donors (Lipinski definition) is 1. The summed E-state index contributed by atoms with van der Waals surface area (Å²) >= 11 is 0. The molecular formula is C13H18N2O3. The zero-order valence-corrected chi connectivity index (χ0v) is 10.7. The van der Waals surface area contributed by atoms with E-state index in [1.807, 2.05) is 6.92 Å². The van der Waals surface area contributed by atoms with Crippen molar-refractivity contribution in [2.45, 2.75) is 13.5 Å². The fourth-order valence-electron chi connectivity index (χ4n) is 1.44. The molecule has 0 aliphatic rings. The van der Waals surface area contributed by atoms with E-state index in [1.54, 1.807) is 36.2 Å². The standard InChI is InChI=1S/C13H18N2O3/c1-3-18-9-12(16)15(2)8-10-4-6-11(7-5-10)13(14)17/h4-7H,3,8-9H2,1-2H3,(H2,14,17). The number of primary amides is 1. The van der Waals surface area contributed by atoms with Crippen LogP contribution in [0.5, 0.6) is 0 Å². The number of nitrogens with two attached hydrogens (primary N) is 1. The zero-order valence-electron chi connectivity index (χ0n) is 10.7.